The van der Waals surface area contributed by atoms with Crippen molar-refractivity contribution in [1.29, 1.82) is 0 Å². The highest BCUT2D eigenvalue weighted by Crippen LogP contribution is 2.47. The van der Waals surface area contributed by atoms with Crippen molar-refractivity contribution in [2.45, 2.75) is 56.8 Å². The summed E-state index contributed by atoms with van der Waals surface area (Å²) in [4.78, 5) is 2.61. The number of benzene rings is 3. The molecule has 0 aromatic heterocycles. The van der Waals surface area contributed by atoms with Gasteiger partial charge in [-0.15, -0.1) is 0 Å². The molecule has 0 bridgehead atoms. The molecular weight excluding hydrogens is 446 g/mol. The van der Waals surface area contributed by atoms with Crippen LogP contribution in [0.2, 0.25) is 0 Å². The van der Waals surface area contributed by atoms with Crippen LogP contribution in [0.1, 0.15) is 73.5 Å². The Morgan fingerprint density at radius 1 is 0.806 bits per heavy atom. The minimum atomic E-state index is 0.159. The zero-order valence-corrected chi connectivity index (χ0v) is 21.3. The van der Waals surface area contributed by atoms with Crippen LogP contribution < -0.4 is 9.47 Å². The molecule has 3 aromatic carbocycles. The monoisotopic (exact) mass is 485 g/mol. The molecule has 1 N–H and O–H groups in total. The van der Waals surface area contributed by atoms with Crippen molar-refractivity contribution >= 4 is 0 Å². The average Bonchev–Trinajstić information content (AvgIpc) is 3.44. The SMILES string of the molecule is Oc1ccc2c(c1)OC[C@H](c1ccccc1)[C@@H]2c1ccc(OCCCCCCCN2CCCC2)cc1. The summed E-state index contributed by atoms with van der Waals surface area (Å²) in [5.41, 5.74) is 3.62. The maximum absolute atomic E-state index is 9.97. The van der Waals surface area contributed by atoms with E-state index < -0.39 is 0 Å². The third kappa shape index (κ3) is 6.22. The Morgan fingerprint density at radius 3 is 2.36 bits per heavy atom. The number of aromatic hydroxyl groups is 1. The molecule has 0 aliphatic carbocycles. The number of likely N-dealkylation sites (tertiary alicyclic amines) is 1. The Bertz CT molecular complexity index is 1080. The highest BCUT2D eigenvalue weighted by atomic mass is 16.5. The Kier molecular flexibility index (Phi) is 8.45. The van der Waals surface area contributed by atoms with Gasteiger partial charge in [-0.2, -0.15) is 0 Å². The predicted octanol–water partition coefficient (Wildman–Crippen LogP) is 7.13. The van der Waals surface area contributed by atoms with Crippen molar-refractivity contribution in [3.05, 3.63) is 89.5 Å². The van der Waals surface area contributed by atoms with E-state index in [1.165, 1.54) is 69.3 Å². The van der Waals surface area contributed by atoms with Gasteiger partial charge in [-0.1, -0.05) is 67.8 Å². The van der Waals surface area contributed by atoms with Gasteiger partial charge in [0.25, 0.3) is 0 Å². The van der Waals surface area contributed by atoms with Crippen LogP contribution in [0.15, 0.2) is 72.8 Å². The number of hydrogen-bond donors (Lipinski definition) is 1. The molecule has 3 aromatic rings. The van der Waals surface area contributed by atoms with Gasteiger partial charge < -0.3 is 19.5 Å². The fraction of sp³-hybridized carbons (Fsp3) is 0.438. The van der Waals surface area contributed by atoms with Crippen molar-refractivity contribution in [2.24, 2.45) is 0 Å². The summed E-state index contributed by atoms with van der Waals surface area (Å²) in [6, 6.07) is 24.6. The first-order chi connectivity index (χ1) is 17.8. The molecule has 2 atom stereocenters. The summed E-state index contributed by atoms with van der Waals surface area (Å²) >= 11 is 0. The molecule has 2 heterocycles. The Balaban J connectivity index is 1.15. The topological polar surface area (TPSA) is 41.9 Å². The first kappa shape index (κ1) is 24.7. The maximum Gasteiger partial charge on any atom is 0.126 e. The molecule has 190 valence electrons. The van der Waals surface area contributed by atoms with Crippen molar-refractivity contribution in [2.75, 3.05) is 32.8 Å². The van der Waals surface area contributed by atoms with E-state index in [1.54, 1.807) is 12.1 Å². The third-order valence-electron chi connectivity index (χ3n) is 7.71. The van der Waals surface area contributed by atoms with Crippen LogP contribution in [0.3, 0.4) is 0 Å². The summed E-state index contributed by atoms with van der Waals surface area (Å²) in [6.45, 7) is 5.26. The molecule has 1 saturated heterocycles. The van der Waals surface area contributed by atoms with E-state index >= 15 is 0 Å². The zero-order valence-electron chi connectivity index (χ0n) is 21.3. The van der Waals surface area contributed by atoms with Crippen LogP contribution in [-0.2, 0) is 0 Å². The summed E-state index contributed by atoms with van der Waals surface area (Å²) in [5.74, 6) is 2.31. The Labute approximate surface area is 215 Å². The third-order valence-corrected chi connectivity index (χ3v) is 7.71. The molecule has 1 fully saturated rings. The number of unbranched alkanes of at least 4 members (excludes halogenated alkanes) is 4. The molecule has 0 saturated carbocycles. The normalized spacial score (nSPS) is 19.6. The average molecular weight is 486 g/mol. The van der Waals surface area contributed by atoms with E-state index in [0.717, 1.165) is 30.1 Å². The molecule has 0 amide bonds. The molecule has 4 heteroatoms. The van der Waals surface area contributed by atoms with Crippen LogP contribution >= 0.6 is 0 Å². The van der Waals surface area contributed by atoms with Crippen LogP contribution in [-0.4, -0.2) is 42.9 Å². The second-order valence-electron chi connectivity index (χ2n) is 10.3. The fourth-order valence-electron chi connectivity index (χ4n) is 5.73. The van der Waals surface area contributed by atoms with E-state index in [4.69, 9.17) is 9.47 Å². The number of hydrogen-bond acceptors (Lipinski definition) is 4. The number of phenolic OH excluding ortho intramolecular Hbond substituents is 1. The molecule has 36 heavy (non-hydrogen) atoms. The van der Waals surface area contributed by atoms with Gasteiger partial charge in [0, 0.05) is 23.5 Å². The highest BCUT2D eigenvalue weighted by molar-refractivity contribution is 5.50. The van der Waals surface area contributed by atoms with Crippen molar-refractivity contribution in [3.63, 3.8) is 0 Å². The minimum absolute atomic E-state index is 0.159. The van der Waals surface area contributed by atoms with Crippen LogP contribution in [0.5, 0.6) is 17.2 Å². The summed E-state index contributed by atoms with van der Waals surface area (Å²) in [7, 11) is 0. The standard InChI is InChI=1S/C32H39NO3/c34-27-15-18-29-31(23-27)36-24-30(25-11-5-4-6-12-25)32(29)26-13-16-28(17-14-26)35-22-10-3-1-2-7-19-33-20-8-9-21-33/h4-6,11-18,23,30,32,34H,1-3,7-10,19-22,24H2/t30-,32-/m1/s1. The minimum Gasteiger partial charge on any atom is -0.508 e. The van der Waals surface area contributed by atoms with Crippen LogP contribution in [0, 0.1) is 0 Å². The van der Waals surface area contributed by atoms with E-state index in [9.17, 15) is 5.11 Å². The second-order valence-corrected chi connectivity index (χ2v) is 10.3. The molecule has 0 spiro atoms. The van der Waals surface area contributed by atoms with Gasteiger partial charge >= 0.3 is 0 Å². The lowest BCUT2D eigenvalue weighted by atomic mass is 9.76. The lowest BCUT2D eigenvalue weighted by Crippen LogP contribution is -2.25. The summed E-state index contributed by atoms with van der Waals surface area (Å²) in [5, 5.41) is 9.97. The van der Waals surface area contributed by atoms with Gasteiger partial charge in [0.05, 0.1) is 13.2 Å². The number of ether oxygens (including phenoxy) is 2. The second kappa shape index (κ2) is 12.3. The predicted molar refractivity (Wildman–Crippen MR) is 145 cm³/mol. The first-order valence-electron chi connectivity index (χ1n) is 13.7. The van der Waals surface area contributed by atoms with Gasteiger partial charge in [0.2, 0.25) is 0 Å². The number of fused-ring (bicyclic) bond motifs is 1. The Morgan fingerprint density at radius 2 is 1.56 bits per heavy atom. The molecule has 2 aliphatic rings. The van der Waals surface area contributed by atoms with E-state index in [0.29, 0.717) is 6.61 Å². The van der Waals surface area contributed by atoms with Gasteiger partial charge in [-0.05, 0) is 74.6 Å². The van der Waals surface area contributed by atoms with Crippen molar-refractivity contribution in [3.8, 4) is 17.2 Å². The first-order valence-corrected chi connectivity index (χ1v) is 13.7. The lowest BCUT2D eigenvalue weighted by Gasteiger charge is -2.34. The van der Waals surface area contributed by atoms with Crippen LogP contribution in [0.25, 0.3) is 0 Å². The van der Waals surface area contributed by atoms with Gasteiger partial charge in [-0.3, -0.25) is 0 Å². The summed E-state index contributed by atoms with van der Waals surface area (Å²) in [6.07, 6.45) is 9.09. The maximum atomic E-state index is 9.97. The van der Waals surface area contributed by atoms with Crippen LogP contribution in [0.4, 0.5) is 0 Å². The van der Waals surface area contributed by atoms with E-state index in [2.05, 4.69) is 59.5 Å². The smallest absolute Gasteiger partial charge is 0.126 e. The zero-order chi connectivity index (χ0) is 24.6. The van der Waals surface area contributed by atoms with Gasteiger partial charge in [0.1, 0.15) is 17.2 Å². The molecule has 5 rings (SSSR count). The van der Waals surface area contributed by atoms with Crippen molar-refractivity contribution in [1.82, 2.24) is 4.90 Å². The molecule has 2 aliphatic heterocycles. The fourth-order valence-corrected chi connectivity index (χ4v) is 5.73. The quantitative estimate of drug-likeness (QED) is 0.294. The van der Waals surface area contributed by atoms with E-state index in [1.807, 2.05) is 6.07 Å². The van der Waals surface area contributed by atoms with Gasteiger partial charge in [-0.25, -0.2) is 0 Å². The highest BCUT2D eigenvalue weighted by Gasteiger charge is 2.33. The number of phenols is 1. The number of rotatable bonds is 11. The van der Waals surface area contributed by atoms with E-state index in [-0.39, 0.29) is 17.6 Å². The molecule has 0 unspecified atom stereocenters. The Hall–Kier alpha value is -2.98. The van der Waals surface area contributed by atoms with Gasteiger partial charge in [0.15, 0.2) is 0 Å². The molecular formula is C32H39NO3. The summed E-state index contributed by atoms with van der Waals surface area (Å²) < 4.78 is 12.2. The molecule has 0 radical (unpaired) electrons. The number of nitrogens with zero attached hydrogens (tertiary/aromatic N) is 1. The lowest BCUT2D eigenvalue weighted by molar-refractivity contribution is 0.247. The van der Waals surface area contributed by atoms with Crippen molar-refractivity contribution < 1.29 is 14.6 Å². The largest absolute Gasteiger partial charge is 0.508 e. The molecule has 4 nitrogen and oxygen atoms in total.